The van der Waals surface area contributed by atoms with E-state index in [1.54, 1.807) is 6.07 Å². The number of carbonyl (C=O) groups excluding carboxylic acids is 4. The van der Waals surface area contributed by atoms with Gasteiger partial charge in [-0.25, -0.2) is 0 Å². The number of nitrogens with one attached hydrogen (secondary N) is 1. The first-order valence-electron chi connectivity index (χ1n) is 10.3. The van der Waals surface area contributed by atoms with Gasteiger partial charge < -0.3 is 19.5 Å². The summed E-state index contributed by atoms with van der Waals surface area (Å²) in [5, 5.41) is 13.7. The molecule has 0 radical (unpaired) electrons. The fraction of sp³-hybridized carbons (Fsp3) is 0.273. The molecule has 1 N–H and O–H groups in total. The van der Waals surface area contributed by atoms with Crippen molar-refractivity contribution in [2.24, 2.45) is 0 Å². The second-order valence-electron chi connectivity index (χ2n) is 7.39. The molecule has 4 rings (SSSR count). The van der Waals surface area contributed by atoms with E-state index < -0.39 is 47.5 Å². The largest absolute Gasteiger partial charge is 0.486 e. The molecule has 0 atom stereocenters. The SMILES string of the molecule is O=C(COC(=O)CN1C(=O)c2cccc([N+](=O)[O-])c2C1=O)NCCc1ccc2c(c1)OCCO2. The number of nitro benzene ring substituents is 1. The van der Waals surface area contributed by atoms with Gasteiger partial charge in [-0.2, -0.15) is 0 Å². The van der Waals surface area contributed by atoms with Crippen LogP contribution >= 0.6 is 0 Å². The van der Waals surface area contributed by atoms with E-state index in [2.05, 4.69) is 5.32 Å². The molecule has 0 saturated heterocycles. The van der Waals surface area contributed by atoms with E-state index in [1.807, 2.05) is 12.1 Å². The summed E-state index contributed by atoms with van der Waals surface area (Å²) in [6.45, 7) is -0.139. The minimum Gasteiger partial charge on any atom is -0.486 e. The highest BCUT2D eigenvalue weighted by Crippen LogP contribution is 2.31. The predicted octanol–water partition coefficient (Wildman–Crippen LogP) is 0.864. The van der Waals surface area contributed by atoms with Crippen molar-refractivity contribution in [3.05, 3.63) is 63.2 Å². The molecule has 176 valence electrons. The van der Waals surface area contributed by atoms with Crippen LogP contribution in [-0.2, 0) is 20.7 Å². The first-order chi connectivity index (χ1) is 16.3. The van der Waals surface area contributed by atoms with Gasteiger partial charge in [0.05, 0.1) is 10.5 Å². The lowest BCUT2D eigenvalue weighted by Gasteiger charge is -2.18. The fourth-order valence-corrected chi connectivity index (χ4v) is 3.57. The topological polar surface area (TPSA) is 154 Å². The summed E-state index contributed by atoms with van der Waals surface area (Å²) >= 11 is 0. The second-order valence-corrected chi connectivity index (χ2v) is 7.39. The number of benzene rings is 2. The second kappa shape index (κ2) is 9.57. The Morgan fingerprint density at radius 1 is 1.09 bits per heavy atom. The number of carbonyl (C=O) groups is 4. The average Bonchev–Trinajstić information content (AvgIpc) is 3.07. The van der Waals surface area contributed by atoms with E-state index in [0.29, 0.717) is 36.0 Å². The van der Waals surface area contributed by atoms with Gasteiger partial charge in [-0.1, -0.05) is 12.1 Å². The van der Waals surface area contributed by atoms with Gasteiger partial charge in [-0.15, -0.1) is 0 Å². The van der Waals surface area contributed by atoms with Crippen molar-refractivity contribution in [2.45, 2.75) is 6.42 Å². The van der Waals surface area contributed by atoms with Gasteiger partial charge in [-0.05, 0) is 30.2 Å². The molecule has 0 aromatic heterocycles. The van der Waals surface area contributed by atoms with Crippen molar-refractivity contribution in [1.29, 1.82) is 0 Å². The molecule has 0 bridgehead atoms. The molecule has 2 aliphatic rings. The van der Waals surface area contributed by atoms with Crippen LogP contribution in [0.25, 0.3) is 0 Å². The maximum Gasteiger partial charge on any atom is 0.326 e. The smallest absolute Gasteiger partial charge is 0.326 e. The standard InChI is InChI=1S/C22H19N3O9/c26-18(23-7-6-13-4-5-16-17(10-13)33-9-8-32-16)12-34-19(27)11-24-21(28)14-2-1-3-15(25(30)31)20(14)22(24)29/h1-5,10H,6-9,11-12H2,(H,23,26). The van der Waals surface area contributed by atoms with Crippen LogP contribution in [-0.4, -0.2) is 66.4 Å². The molecule has 3 amide bonds. The molecule has 2 heterocycles. The van der Waals surface area contributed by atoms with Crippen LogP contribution in [0.2, 0.25) is 0 Å². The molecule has 0 saturated carbocycles. The Bertz CT molecular complexity index is 1190. The van der Waals surface area contributed by atoms with Crippen LogP contribution in [0.3, 0.4) is 0 Å². The monoisotopic (exact) mass is 469 g/mol. The van der Waals surface area contributed by atoms with Gasteiger partial charge in [0.15, 0.2) is 18.1 Å². The Labute approximate surface area is 192 Å². The van der Waals surface area contributed by atoms with E-state index in [4.69, 9.17) is 14.2 Å². The highest BCUT2D eigenvalue weighted by Gasteiger charge is 2.41. The summed E-state index contributed by atoms with van der Waals surface area (Å²) in [6, 6.07) is 9.12. The van der Waals surface area contributed by atoms with Crippen LogP contribution in [0.5, 0.6) is 11.5 Å². The lowest BCUT2D eigenvalue weighted by atomic mass is 10.1. The first kappa shape index (κ1) is 22.7. The van der Waals surface area contributed by atoms with E-state index in [9.17, 15) is 29.3 Å². The van der Waals surface area contributed by atoms with Crippen molar-refractivity contribution in [1.82, 2.24) is 10.2 Å². The third kappa shape index (κ3) is 4.65. The Morgan fingerprint density at radius 2 is 1.85 bits per heavy atom. The molecule has 2 aliphatic heterocycles. The Hall–Kier alpha value is -4.48. The van der Waals surface area contributed by atoms with Crippen molar-refractivity contribution < 1.29 is 38.3 Å². The molecular weight excluding hydrogens is 450 g/mol. The highest BCUT2D eigenvalue weighted by atomic mass is 16.6. The van der Waals surface area contributed by atoms with E-state index in [0.717, 1.165) is 11.6 Å². The van der Waals surface area contributed by atoms with E-state index >= 15 is 0 Å². The van der Waals surface area contributed by atoms with Crippen LogP contribution in [0.4, 0.5) is 5.69 Å². The van der Waals surface area contributed by atoms with Gasteiger partial charge in [0.1, 0.15) is 25.3 Å². The zero-order valence-electron chi connectivity index (χ0n) is 17.8. The zero-order chi connectivity index (χ0) is 24.2. The Kier molecular flexibility index (Phi) is 6.39. The number of ether oxygens (including phenoxy) is 3. The average molecular weight is 469 g/mol. The molecular formula is C22H19N3O9. The quantitative estimate of drug-likeness (QED) is 0.257. The Morgan fingerprint density at radius 3 is 2.62 bits per heavy atom. The van der Waals surface area contributed by atoms with Crippen molar-refractivity contribution >= 4 is 29.4 Å². The minimum atomic E-state index is -1.00. The van der Waals surface area contributed by atoms with Crippen molar-refractivity contribution in [2.75, 3.05) is 32.9 Å². The van der Waals surface area contributed by atoms with Gasteiger partial charge in [0, 0.05) is 12.6 Å². The predicted molar refractivity (Wildman–Crippen MR) is 114 cm³/mol. The normalized spacial score (nSPS) is 13.9. The highest BCUT2D eigenvalue weighted by molar-refractivity contribution is 6.24. The number of hydrogen-bond acceptors (Lipinski definition) is 9. The number of imide groups is 1. The molecule has 12 heteroatoms. The number of esters is 1. The molecule has 0 fully saturated rings. The van der Waals surface area contributed by atoms with Gasteiger partial charge in [-0.3, -0.25) is 34.2 Å². The van der Waals surface area contributed by atoms with Crippen LogP contribution in [0.15, 0.2) is 36.4 Å². The molecule has 0 unspecified atom stereocenters. The van der Waals surface area contributed by atoms with Crippen LogP contribution in [0, 0.1) is 10.1 Å². The maximum atomic E-state index is 12.5. The number of nitrogens with zero attached hydrogens (tertiary/aromatic N) is 2. The number of hydrogen-bond donors (Lipinski definition) is 1. The zero-order valence-corrected chi connectivity index (χ0v) is 17.8. The van der Waals surface area contributed by atoms with Crippen LogP contribution < -0.4 is 14.8 Å². The summed E-state index contributed by atoms with van der Waals surface area (Å²) in [5.41, 5.74) is -0.142. The third-order valence-corrected chi connectivity index (χ3v) is 5.17. The lowest BCUT2D eigenvalue weighted by Crippen LogP contribution is -2.37. The molecule has 0 aliphatic carbocycles. The third-order valence-electron chi connectivity index (χ3n) is 5.17. The van der Waals surface area contributed by atoms with Gasteiger partial charge in [0.2, 0.25) is 0 Å². The number of rotatable bonds is 8. The van der Waals surface area contributed by atoms with Gasteiger partial charge >= 0.3 is 5.97 Å². The maximum absolute atomic E-state index is 12.5. The molecule has 34 heavy (non-hydrogen) atoms. The number of nitro groups is 1. The van der Waals surface area contributed by atoms with E-state index in [1.165, 1.54) is 12.1 Å². The number of fused-ring (bicyclic) bond motifs is 2. The molecule has 2 aromatic rings. The van der Waals surface area contributed by atoms with E-state index in [-0.39, 0.29) is 17.7 Å². The minimum absolute atomic E-state index is 0.163. The summed E-state index contributed by atoms with van der Waals surface area (Å²) in [7, 11) is 0. The van der Waals surface area contributed by atoms with Crippen molar-refractivity contribution in [3.63, 3.8) is 0 Å². The molecule has 12 nitrogen and oxygen atoms in total. The summed E-state index contributed by atoms with van der Waals surface area (Å²) in [5.74, 6) is -2.07. The lowest BCUT2D eigenvalue weighted by molar-refractivity contribution is -0.385. The first-order valence-corrected chi connectivity index (χ1v) is 10.3. The summed E-state index contributed by atoms with van der Waals surface area (Å²) < 4.78 is 15.8. The summed E-state index contributed by atoms with van der Waals surface area (Å²) in [6.07, 6.45) is 0.504. The van der Waals surface area contributed by atoms with Crippen molar-refractivity contribution in [3.8, 4) is 11.5 Å². The van der Waals surface area contributed by atoms with Gasteiger partial charge in [0.25, 0.3) is 23.4 Å². The van der Waals surface area contributed by atoms with Crippen LogP contribution in [0.1, 0.15) is 26.3 Å². The number of amides is 3. The summed E-state index contributed by atoms with van der Waals surface area (Å²) in [4.78, 5) is 59.8. The molecule has 0 spiro atoms. The Balaban J connectivity index is 1.24. The molecule has 2 aromatic carbocycles. The fourth-order valence-electron chi connectivity index (χ4n) is 3.57.